The van der Waals surface area contributed by atoms with Gasteiger partial charge in [-0.15, -0.1) is 11.3 Å². The van der Waals surface area contributed by atoms with Crippen molar-refractivity contribution in [3.05, 3.63) is 21.9 Å². The molecule has 0 bridgehead atoms. The third-order valence-corrected chi connectivity index (χ3v) is 4.77. The molecule has 0 saturated heterocycles. The molecular weight excluding hydrogens is 254 g/mol. The van der Waals surface area contributed by atoms with E-state index in [0.717, 1.165) is 19.4 Å². The molecule has 0 aliphatic carbocycles. The highest BCUT2D eigenvalue weighted by atomic mass is 32.2. The molecule has 1 N–H and O–H groups in total. The molecule has 0 fully saturated rings. The Kier molecular flexibility index (Phi) is 5.62. The second-order valence-corrected chi connectivity index (χ2v) is 7.71. The van der Waals surface area contributed by atoms with E-state index in [4.69, 9.17) is 0 Å². The summed E-state index contributed by atoms with van der Waals surface area (Å²) >= 11 is 1.78. The number of rotatable bonds is 7. The fourth-order valence-corrected chi connectivity index (χ4v) is 3.81. The molecule has 1 aromatic heterocycles. The van der Waals surface area contributed by atoms with E-state index in [1.807, 2.05) is 6.92 Å². The van der Waals surface area contributed by atoms with Crippen LogP contribution >= 0.6 is 11.3 Å². The Morgan fingerprint density at radius 3 is 2.41 bits per heavy atom. The minimum Gasteiger partial charge on any atom is -0.313 e. The summed E-state index contributed by atoms with van der Waals surface area (Å²) in [4.78, 5) is 2.62. The van der Waals surface area contributed by atoms with Gasteiger partial charge in [0.05, 0.1) is 5.75 Å². The molecule has 0 aliphatic heterocycles. The summed E-state index contributed by atoms with van der Waals surface area (Å²) in [5.41, 5.74) is 0. The van der Waals surface area contributed by atoms with Gasteiger partial charge in [-0.2, -0.15) is 0 Å². The topological polar surface area (TPSA) is 46.2 Å². The smallest absolute Gasteiger partial charge is 0.148 e. The standard InChI is InChI=1S/C12H21NO2S2/c1-4-11-6-7-12(16-11)8-10(13-5-2)9-17(3,14)15/h6-7,10,13H,4-5,8-9H2,1-3H3. The average molecular weight is 275 g/mol. The summed E-state index contributed by atoms with van der Waals surface area (Å²) in [5, 5.41) is 3.24. The van der Waals surface area contributed by atoms with E-state index in [1.54, 1.807) is 11.3 Å². The van der Waals surface area contributed by atoms with Crippen molar-refractivity contribution in [2.45, 2.75) is 32.7 Å². The van der Waals surface area contributed by atoms with Gasteiger partial charge in [0.25, 0.3) is 0 Å². The van der Waals surface area contributed by atoms with Crippen LogP contribution in [0.25, 0.3) is 0 Å². The highest BCUT2D eigenvalue weighted by molar-refractivity contribution is 7.90. The number of likely N-dealkylation sites (N-methyl/N-ethyl adjacent to an activating group) is 1. The number of hydrogen-bond donors (Lipinski definition) is 1. The molecule has 0 aliphatic rings. The molecule has 17 heavy (non-hydrogen) atoms. The lowest BCUT2D eigenvalue weighted by atomic mass is 10.2. The molecule has 0 amide bonds. The zero-order valence-corrected chi connectivity index (χ0v) is 12.3. The highest BCUT2D eigenvalue weighted by Gasteiger charge is 2.15. The molecule has 1 aromatic rings. The summed E-state index contributed by atoms with van der Waals surface area (Å²) in [6.45, 7) is 4.93. The van der Waals surface area contributed by atoms with Gasteiger partial charge in [-0.3, -0.25) is 0 Å². The van der Waals surface area contributed by atoms with Gasteiger partial charge in [0.1, 0.15) is 9.84 Å². The Hall–Kier alpha value is -0.390. The normalized spacial score (nSPS) is 13.8. The Balaban J connectivity index is 2.65. The molecule has 1 heterocycles. The first-order chi connectivity index (χ1) is 7.94. The lowest BCUT2D eigenvalue weighted by Crippen LogP contribution is -2.36. The van der Waals surface area contributed by atoms with Gasteiger partial charge in [0.2, 0.25) is 0 Å². The quantitative estimate of drug-likeness (QED) is 0.826. The lowest BCUT2D eigenvalue weighted by molar-refractivity contribution is 0.547. The molecule has 0 aromatic carbocycles. The first kappa shape index (κ1) is 14.7. The SMILES string of the molecule is CCNC(Cc1ccc(CC)s1)CS(C)(=O)=O. The van der Waals surface area contributed by atoms with Crippen molar-refractivity contribution in [3.8, 4) is 0 Å². The second-order valence-electron chi connectivity index (χ2n) is 4.27. The van der Waals surface area contributed by atoms with Gasteiger partial charge in [-0.1, -0.05) is 13.8 Å². The van der Waals surface area contributed by atoms with Gasteiger partial charge < -0.3 is 5.32 Å². The van der Waals surface area contributed by atoms with Crippen molar-refractivity contribution in [3.63, 3.8) is 0 Å². The van der Waals surface area contributed by atoms with Crippen LogP contribution in [0.2, 0.25) is 0 Å². The predicted octanol–water partition coefficient (Wildman–Crippen LogP) is 1.88. The van der Waals surface area contributed by atoms with Crippen LogP contribution in [-0.2, 0) is 22.7 Å². The van der Waals surface area contributed by atoms with Crippen LogP contribution in [0, 0.1) is 0 Å². The van der Waals surface area contributed by atoms with Gasteiger partial charge in [-0.05, 0) is 31.5 Å². The fourth-order valence-electron chi connectivity index (χ4n) is 1.81. The molecule has 1 atom stereocenters. The largest absolute Gasteiger partial charge is 0.313 e. The van der Waals surface area contributed by atoms with Crippen LogP contribution in [0.3, 0.4) is 0 Å². The molecule has 0 radical (unpaired) electrons. The van der Waals surface area contributed by atoms with Crippen molar-refractivity contribution in [2.75, 3.05) is 18.6 Å². The van der Waals surface area contributed by atoms with Crippen molar-refractivity contribution < 1.29 is 8.42 Å². The summed E-state index contributed by atoms with van der Waals surface area (Å²) in [6, 6.07) is 4.26. The number of hydrogen-bond acceptors (Lipinski definition) is 4. The first-order valence-corrected chi connectivity index (χ1v) is 8.81. The van der Waals surface area contributed by atoms with E-state index >= 15 is 0 Å². The third kappa shape index (κ3) is 5.66. The number of thiophene rings is 1. The summed E-state index contributed by atoms with van der Waals surface area (Å²) in [7, 11) is -2.92. The second kappa shape index (κ2) is 6.52. The lowest BCUT2D eigenvalue weighted by Gasteiger charge is -2.15. The van der Waals surface area contributed by atoms with E-state index in [1.165, 1.54) is 16.0 Å². The number of nitrogens with one attached hydrogen (secondary N) is 1. The third-order valence-electron chi connectivity index (χ3n) is 2.51. The van der Waals surface area contributed by atoms with Crippen molar-refractivity contribution in [1.29, 1.82) is 0 Å². The molecule has 3 nitrogen and oxygen atoms in total. The van der Waals surface area contributed by atoms with E-state index in [-0.39, 0.29) is 11.8 Å². The maximum atomic E-state index is 11.3. The highest BCUT2D eigenvalue weighted by Crippen LogP contribution is 2.18. The zero-order valence-electron chi connectivity index (χ0n) is 10.7. The maximum absolute atomic E-state index is 11.3. The van der Waals surface area contributed by atoms with E-state index in [9.17, 15) is 8.42 Å². The predicted molar refractivity (Wildman–Crippen MR) is 74.6 cm³/mol. The minimum absolute atomic E-state index is 0.0263. The maximum Gasteiger partial charge on any atom is 0.148 e. The summed E-state index contributed by atoms with van der Waals surface area (Å²) in [5.74, 6) is 0.209. The van der Waals surface area contributed by atoms with E-state index in [2.05, 4.69) is 24.4 Å². The number of sulfone groups is 1. The first-order valence-electron chi connectivity index (χ1n) is 5.93. The molecule has 0 spiro atoms. The minimum atomic E-state index is -2.92. The Bertz CT molecular complexity index is 437. The van der Waals surface area contributed by atoms with Gasteiger partial charge in [0, 0.05) is 22.1 Å². The van der Waals surface area contributed by atoms with Crippen molar-refractivity contribution in [2.24, 2.45) is 0 Å². The summed E-state index contributed by atoms with van der Waals surface area (Å²) < 4.78 is 22.7. The monoisotopic (exact) mass is 275 g/mol. The van der Waals surface area contributed by atoms with Crippen molar-refractivity contribution >= 4 is 21.2 Å². The molecular formula is C12H21NO2S2. The molecule has 0 saturated carbocycles. The van der Waals surface area contributed by atoms with Crippen molar-refractivity contribution in [1.82, 2.24) is 5.32 Å². The van der Waals surface area contributed by atoms with Crippen LogP contribution in [0.5, 0.6) is 0 Å². The summed E-state index contributed by atoms with van der Waals surface area (Å²) in [6.07, 6.45) is 3.14. The van der Waals surface area contributed by atoms with Gasteiger partial charge in [-0.25, -0.2) is 8.42 Å². The fraction of sp³-hybridized carbons (Fsp3) is 0.667. The Morgan fingerprint density at radius 2 is 1.94 bits per heavy atom. The van der Waals surface area contributed by atoms with Crippen LogP contribution in [0.1, 0.15) is 23.6 Å². The van der Waals surface area contributed by atoms with E-state index in [0.29, 0.717) is 0 Å². The van der Waals surface area contributed by atoms with Crippen LogP contribution in [0.15, 0.2) is 12.1 Å². The zero-order chi connectivity index (χ0) is 12.9. The van der Waals surface area contributed by atoms with Crippen LogP contribution < -0.4 is 5.32 Å². The van der Waals surface area contributed by atoms with Crippen LogP contribution in [0.4, 0.5) is 0 Å². The Morgan fingerprint density at radius 1 is 1.29 bits per heavy atom. The molecule has 1 rings (SSSR count). The van der Waals surface area contributed by atoms with Gasteiger partial charge >= 0.3 is 0 Å². The molecule has 98 valence electrons. The Labute approximate surface area is 108 Å². The van der Waals surface area contributed by atoms with Gasteiger partial charge in [0.15, 0.2) is 0 Å². The van der Waals surface area contributed by atoms with E-state index < -0.39 is 9.84 Å². The number of aryl methyl sites for hydroxylation is 1. The molecule has 1 unspecified atom stereocenters. The van der Waals surface area contributed by atoms with Crippen LogP contribution in [-0.4, -0.2) is 33.0 Å². The average Bonchev–Trinajstić information content (AvgIpc) is 2.63. The molecule has 5 heteroatoms.